The van der Waals surface area contributed by atoms with Crippen LogP contribution in [0.15, 0.2) is 48.2 Å². The molecule has 0 amide bonds. The molecule has 0 aromatic heterocycles. The smallest absolute Gasteiger partial charge is 0.344 e. The standard InChI is InChI=1S/C24H26O5/c1-15(2)28-22(25)14-27-18-10-11-19-20(13-18)29-21(23(19)26)12-16-6-8-17(9-7-16)24(3,4)5/h6-13,15H,14H2,1-5H3/b21-12+. The number of carbonyl (C=O) groups is 2. The normalized spacial score (nSPS) is 14.7. The molecule has 2 aromatic rings. The average molecular weight is 394 g/mol. The zero-order valence-corrected chi connectivity index (χ0v) is 17.4. The zero-order valence-electron chi connectivity index (χ0n) is 17.4. The number of Topliss-reactive ketones (excluding diaryl/α,β-unsaturated/α-hetero) is 1. The number of carbonyl (C=O) groups excluding carboxylic acids is 2. The van der Waals surface area contributed by atoms with E-state index in [2.05, 4.69) is 32.9 Å². The molecule has 0 fully saturated rings. The number of benzene rings is 2. The third-order valence-electron chi connectivity index (χ3n) is 4.44. The molecule has 5 nitrogen and oxygen atoms in total. The van der Waals surface area contributed by atoms with Crippen molar-refractivity contribution in [3.05, 3.63) is 64.9 Å². The van der Waals surface area contributed by atoms with Crippen LogP contribution < -0.4 is 9.47 Å². The highest BCUT2D eigenvalue weighted by Gasteiger charge is 2.28. The van der Waals surface area contributed by atoms with Gasteiger partial charge in [-0.3, -0.25) is 4.79 Å². The summed E-state index contributed by atoms with van der Waals surface area (Å²) in [5.41, 5.74) is 2.65. The Morgan fingerprint density at radius 1 is 1.10 bits per heavy atom. The Morgan fingerprint density at radius 3 is 2.41 bits per heavy atom. The molecule has 0 unspecified atom stereocenters. The molecular formula is C24H26O5. The minimum atomic E-state index is -0.447. The van der Waals surface area contributed by atoms with Gasteiger partial charge in [-0.05, 0) is 48.6 Å². The van der Waals surface area contributed by atoms with Crippen molar-refractivity contribution in [1.82, 2.24) is 0 Å². The molecule has 0 spiro atoms. The van der Waals surface area contributed by atoms with E-state index >= 15 is 0 Å². The fourth-order valence-electron chi connectivity index (χ4n) is 2.93. The summed E-state index contributed by atoms with van der Waals surface area (Å²) in [5, 5.41) is 0. The molecule has 0 bridgehead atoms. The van der Waals surface area contributed by atoms with E-state index in [0.717, 1.165) is 5.56 Å². The fourth-order valence-corrected chi connectivity index (χ4v) is 2.93. The van der Waals surface area contributed by atoms with Crippen LogP contribution in [0.5, 0.6) is 11.5 Å². The van der Waals surface area contributed by atoms with Crippen LogP contribution in [0.25, 0.3) is 6.08 Å². The van der Waals surface area contributed by atoms with E-state index in [0.29, 0.717) is 17.1 Å². The van der Waals surface area contributed by atoms with Gasteiger partial charge in [0.15, 0.2) is 12.4 Å². The molecule has 1 heterocycles. The van der Waals surface area contributed by atoms with Gasteiger partial charge in [0.05, 0.1) is 11.7 Å². The molecule has 0 saturated heterocycles. The second kappa shape index (κ2) is 8.11. The Hall–Kier alpha value is -3.08. The van der Waals surface area contributed by atoms with Gasteiger partial charge < -0.3 is 14.2 Å². The van der Waals surface area contributed by atoms with E-state index in [9.17, 15) is 9.59 Å². The second-order valence-corrected chi connectivity index (χ2v) is 8.30. The summed E-state index contributed by atoms with van der Waals surface area (Å²) in [6, 6.07) is 13.0. The Morgan fingerprint density at radius 2 is 1.79 bits per heavy atom. The van der Waals surface area contributed by atoms with Crippen molar-refractivity contribution < 1.29 is 23.8 Å². The SMILES string of the molecule is CC(C)OC(=O)COc1ccc2c(c1)O/C(=C/c1ccc(C(C)(C)C)cc1)C2=O. The van der Waals surface area contributed by atoms with Crippen molar-refractivity contribution in [2.45, 2.75) is 46.1 Å². The Balaban J connectivity index is 1.72. The number of esters is 1. The maximum Gasteiger partial charge on any atom is 0.344 e. The highest BCUT2D eigenvalue weighted by molar-refractivity contribution is 6.14. The van der Waals surface area contributed by atoms with Crippen molar-refractivity contribution in [2.24, 2.45) is 0 Å². The molecule has 29 heavy (non-hydrogen) atoms. The topological polar surface area (TPSA) is 61.8 Å². The van der Waals surface area contributed by atoms with E-state index in [1.807, 2.05) is 12.1 Å². The zero-order chi connectivity index (χ0) is 21.2. The number of rotatable bonds is 5. The number of hydrogen-bond donors (Lipinski definition) is 0. The van der Waals surface area contributed by atoms with Gasteiger partial charge in [-0.25, -0.2) is 4.79 Å². The van der Waals surface area contributed by atoms with Crippen LogP contribution in [0.4, 0.5) is 0 Å². The first-order valence-electron chi connectivity index (χ1n) is 9.64. The summed E-state index contributed by atoms with van der Waals surface area (Å²) >= 11 is 0. The third kappa shape index (κ3) is 5.05. The molecule has 1 aliphatic rings. The predicted molar refractivity (Wildman–Crippen MR) is 111 cm³/mol. The average Bonchev–Trinajstić information content (AvgIpc) is 2.94. The van der Waals surface area contributed by atoms with Crippen LogP contribution in [-0.2, 0) is 14.9 Å². The number of ketones is 1. The number of hydrogen-bond acceptors (Lipinski definition) is 5. The molecule has 2 aromatic carbocycles. The molecule has 0 radical (unpaired) electrons. The van der Waals surface area contributed by atoms with Crippen LogP contribution in [0.1, 0.15) is 56.1 Å². The minimum absolute atomic E-state index is 0.0690. The van der Waals surface area contributed by atoms with Crippen LogP contribution in [0, 0.1) is 0 Å². The van der Waals surface area contributed by atoms with Gasteiger partial charge in [0.25, 0.3) is 0 Å². The molecule has 0 atom stereocenters. The molecule has 0 saturated carbocycles. The number of allylic oxidation sites excluding steroid dienone is 1. The molecule has 152 valence electrons. The van der Waals surface area contributed by atoms with Crippen molar-refractivity contribution in [3.63, 3.8) is 0 Å². The van der Waals surface area contributed by atoms with E-state index in [1.54, 1.807) is 38.1 Å². The Kier molecular flexibility index (Phi) is 5.78. The predicted octanol–water partition coefficient (Wildman–Crippen LogP) is 4.93. The highest BCUT2D eigenvalue weighted by Crippen LogP contribution is 2.35. The second-order valence-electron chi connectivity index (χ2n) is 8.30. The van der Waals surface area contributed by atoms with E-state index in [1.165, 1.54) is 5.56 Å². The lowest BCUT2D eigenvalue weighted by atomic mass is 9.86. The molecular weight excluding hydrogens is 368 g/mol. The lowest BCUT2D eigenvalue weighted by Gasteiger charge is -2.18. The summed E-state index contributed by atoms with van der Waals surface area (Å²) in [6.45, 7) is 9.82. The number of fused-ring (bicyclic) bond motifs is 1. The van der Waals surface area contributed by atoms with Crippen LogP contribution in [0.3, 0.4) is 0 Å². The maximum absolute atomic E-state index is 12.6. The van der Waals surface area contributed by atoms with Gasteiger partial charge in [-0.2, -0.15) is 0 Å². The lowest BCUT2D eigenvalue weighted by molar-refractivity contribution is -0.149. The summed E-state index contributed by atoms with van der Waals surface area (Å²) in [4.78, 5) is 24.2. The summed E-state index contributed by atoms with van der Waals surface area (Å²) in [5.74, 6) is 0.498. The van der Waals surface area contributed by atoms with Crippen LogP contribution >= 0.6 is 0 Å². The monoisotopic (exact) mass is 394 g/mol. The van der Waals surface area contributed by atoms with Gasteiger partial charge in [-0.15, -0.1) is 0 Å². The summed E-state index contributed by atoms with van der Waals surface area (Å²) < 4.78 is 16.2. The van der Waals surface area contributed by atoms with Crippen molar-refractivity contribution >= 4 is 17.8 Å². The Labute approximate surface area is 171 Å². The van der Waals surface area contributed by atoms with E-state index in [-0.39, 0.29) is 29.7 Å². The molecule has 5 heteroatoms. The highest BCUT2D eigenvalue weighted by atomic mass is 16.6. The first kappa shape index (κ1) is 20.6. The van der Waals surface area contributed by atoms with Crippen molar-refractivity contribution in [1.29, 1.82) is 0 Å². The van der Waals surface area contributed by atoms with E-state index < -0.39 is 5.97 Å². The Bertz CT molecular complexity index is 946. The first-order chi connectivity index (χ1) is 13.6. The van der Waals surface area contributed by atoms with Gasteiger partial charge in [-0.1, -0.05) is 45.0 Å². The molecule has 0 N–H and O–H groups in total. The van der Waals surface area contributed by atoms with Crippen LogP contribution in [-0.4, -0.2) is 24.5 Å². The summed E-state index contributed by atoms with van der Waals surface area (Å²) in [7, 11) is 0. The van der Waals surface area contributed by atoms with Crippen molar-refractivity contribution in [2.75, 3.05) is 6.61 Å². The van der Waals surface area contributed by atoms with Gasteiger partial charge in [0.1, 0.15) is 11.5 Å². The lowest BCUT2D eigenvalue weighted by Crippen LogP contribution is -2.18. The first-order valence-corrected chi connectivity index (χ1v) is 9.64. The quantitative estimate of drug-likeness (QED) is 0.531. The fraction of sp³-hybridized carbons (Fsp3) is 0.333. The minimum Gasteiger partial charge on any atom is -0.482 e. The van der Waals surface area contributed by atoms with Gasteiger partial charge >= 0.3 is 5.97 Å². The molecule has 0 aliphatic carbocycles. The van der Waals surface area contributed by atoms with E-state index in [4.69, 9.17) is 14.2 Å². The number of ether oxygens (including phenoxy) is 3. The summed E-state index contributed by atoms with van der Waals surface area (Å²) in [6.07, 6.45) is 1.53. The third-order valence-corrected chi connectivity index (χ3v) is 4.44. The molecule has 1 aliphatic heterocycles. The van der Waals surface area contributed by atoms with Gasteiger partial charge in [0.2, 0.25) is 5.78 Å². The maximum atomic E-state index is 12.6. The van der Waals surface area contributed by atoms with Crippen molar-refractivity contribution in [3.8, 4) is 11.5 Å². The van der Waals surface area contributed by atoms with Crippen LogP contribution in [0.2, 0.25) is 0 Å². The van der Waals surface area contributed by atoms with Gasteiger partial charge in [0, 0.05) is 6.07 Å². The molecule has 3 rings (SSSR count). The largest absolute Gasteiger partial charge is 0.482 e.